The Morgan fingerprint density at radius 1 is 1.04 bits per heavy atom. The molecular weight excluding hydrogens is 290 g/mol. The maximum atomic E-state index is 12.0. The first-order chi connectivity index (χ1) is 11.0. The summed E-state index contributed by atoms with van der Waals surface area (Å²) in [6, 6.07) is 13.3. The lowest BCUT2D eigenvalue weighted by atomic mass is 10.0. The molecule has 1 atom stereocenters. The number of hydrogen-bond donors (Lipinski definition) is 1. The third kappa shape index (κ3) is 4.74. The molecule has 0 unspecified atom stereocenters. The summed E-state index contributed by atoms with van der Waals surface area (Å²) in [5.74, 6) is 1.25. The Hall–Kier alpha value is -2.49. The molecule has 4 nitrogen and oxygen atoms in total. The second-order valence-electron chi connectivity index (χ2n) is 5.60. The van der Waals surface area contributed by atoms with E-state index < -0.39 is 0 Å². The zero-order valence-electron chi connectivity index (χ0n) is 14.1. The van der Waals surface area contributed by atoms with E-state index in [0.717, 1.165) is 11.3 Å². The Bertz CT molecular complexity index is 665. The van der Waals surface area contributed by atoms with Crippen LogP contribution in [0.1, 0.15) is 29.7 Å². The minimum absolute atomic E-state index is 0.0124. The van der Waals surface area contributed by atoms with Gasteiger partial charge < -0.3 is 14.8 Å². The quantitative estimate of drug-likeness (QED) is 0.887. The van der Waals surface area contributed by atoms with Crippen molar-refractivity contribution in [2.45, 2.75) is 26.8 Å². The second-order valence-corrected chi connectivity index (χ2v) is 5.60. The third-order valence-corrected chi connectivity index (χ3v) is 3.84. The Morgan fingerprint density at radius 2 is 1.70 bits per heavy atom. The average Bonchev–Trinajstić information content (AvgIpc) is 2.55. The number of aryl methyl sites for hydroxylation is 2. The van der Waals surface area contributed by atoms with Crippen LogP contribution in [-0.2, 0) is 4.79 Å². The molecule has 4 heteroatoms. The van der Waals surface area contributed by atoms with Crippen LogP contribution in [0.3, 0.4) is 0 Å². The van der Waals surface area contributed by atoms with Gasteiger partial charge >= 0.3 is 0 Å². The molecule has 0 aliphatic rings. The number of hydrogen-bond acceptors (Lipinski definition) is 3. The summed E-state index contributed by atoms with van der Waals surface area (Å²) < 4.78 is 10.6. The number of amides is 1. The Morgan fingerprint density at radius 3 is 2.30 bits per heavy atom. The fourth-order valence-electron chi connectivity index (χ4n) is 2.22. The van der Waals surface area contributed by atoms with E-state index in [0.29, 0.717) is 5.75 Å². The summed E-state index contributed by atoms with van der Waals surface area (Å²) in [4.78, 5) is 12.0. The molecule has 1 amide bonds. The first-order valence-electron chi connectivity index (χ1n) is 7.63. The SMILES string of the molecule is COc1ccc(OCC(=O)N[C@@H](C)c2ccc(C)c(C)c2)cc1. The highest BCUT2D eigenvalue weighted by atomic mass is 16.5. The number of methoxy groups -OCH3 is 1. The maximum absolute atomic E-state index is 12.0. The van der Waals surface area contributed by atoms with E-state index in [4.69, 9.17) is 9.47 Å². The van der Waals surface area contributed by atoms with Gasteiger partial charge in [0.25, 0.3) is 5.91 Å². The number of rotatable bonds is 6. The fourth-order valence-corrected chi connectivity index (χ4v) is 2.22. The normalized spacial score (nSPS) is 11.7. The number of carbonyl (C=O) groups excluding carboxylic acids is 1. The highest BCUT2D eigenvalue weighted by Crippen LogP contribution is 2.18. The topological polar surface area (TPSA) is 47.6 Å². The molecule has 0 saturated carbocycles. The number of carbonyl (C=O) groups is 1. The molecule has 0 radical (unpaired) electrons. The number of nitrogens with one attached hydrogen (secondary N) is 1. The van der Waals surface area contributed by atoms with Gasteiger partial charge in [-0.25, -0.2) is 0 Å². The minimum Gasteiger partial charge on any atom is -0.497 e. The van der Waals surface area contributed by atoms with Crippen molar-refractivity contribution in [2.75, 3.05) is 13.7 Å². The van der Waals surface area contributed by atoms with Crippen LogP contribution in [0.4, 0.5) is 0 Å². The predicted octanol–water partition coefficient (Wildman–Crippen LogP) is 3.57. The Kier molecular flexibility index (Phi) is 5.63. The standard InChI is InChI=1S/C19H23NO3/c1-13-5-6-16(11-14(13)2)15(3)20-19(21)12-23-18-9-7-17(22-4)8-10-18/h5-11,15H,12H2,1-4H3,(H,20,21)/t15-/m0/s1. The van der Waals surface area contributed by atoms with E-state index in [1.54, 1.807) is 31.4 Å². The zero-order chi connectivity index (χ0) is 16.8. The van der Waals surface area contributed by atoms with Gasteiger partial charge in [-0.05, 0) is 61.7 Å². The summed E-state index contributed by atoms with van der Waals surface area (Å²) in [6.07, 6.45) is 0. The molecule has 2 aromatic carbocycles. The highest BCUT2D eigenvalue weighted by Gasteiger charge is 2.11. The van der Waals surface area contributed by atoms with Crippen LogP contribution < -0.4 is 14.8 Å². The highest BCUT2D eigenvalue weighted by molar-refractivity contribution is 5.78. The van der Waals surface area contributed by atoms with E-state index in [9.17, 15) is 4.79 Å². The molecule has 0 bridgehead atoms. The van der Waals surface area contributed by atoms with Crippen LogP contribution in [0.25, 0.3) is 0 Å². The third-order valence-electron chi connectivity index (χ3n) is 3.84. The van der Waals surface area contributed by atoms with Gasteiger partial charge in [0.15, 0.2) is 6.61 Å². The molecule has 0 fully saturated rings. The summed E-state index contributed by atoms with van der Waals surface area (Å²) in [5, 5.41) is 2.95. The molecule has 1 N–H and O–H groups in total. The monoisotopic (exact) mass is 313 g/mol. The van der Waals surface area contributed by atoms with Crippen molar-refractivity contribution in [1.29, 1.82) is 0 Å². The van der Waals surface area contributed by atoms with Gasteiger partial charge in [0.05, 0.1) is 13.2 Å². The van der Waals surface area contributed by atoms with Gasteiger partial charge in [-0.1, -0.05) is 18.2 Å². The Labute approximate surface area is 137 Å². The van der Waals surface area contributed by atoms with Gasteiger partial charge in [0.1, 0.15) is 11.5 Å². The molecule has 2 rings (SSSR count). The first-order valence-corrected chi connectivity index (χ1v) is 7.63. The molecule has 122 valence electrons. The smallest absolute Gasteiger partial charge is 0.258 e. The van der Waals surface area contributed by atoms with Crippen molar-refractivity contribution in [3.05, 3.63) is 59.2 Å². The van der Waals surface area contributed by atoms with Crippen LogP contribution >= 0.6 is 0 Å². The molecular formula is C19H23NO3. The summed E-state index contributed by atoms with van der Waals surface area (Å²) in [6.45, 7) is 6.10. The molecule has 0 aromatic heterocycles. The van der Waals surface area contributed by atoms with Crippen LogP contribution in [0.15, 0.2) is 42.5 Å². The van der Waals surface area contributed by atoms with Crippen molar-refractivity contribution in [3.8, 4) is 11.5 Å². The van der Waals surface area contributed by atoms with Crippen molar-refractivity contribution in [3.63, 3.8) is 0 Å². The van der Waals surface area contributed by atoms with Crippen molar-refractivity contribution in [1.82, 2.24) is 5.32 Å². The molecule has 0 aliphatic carbocycles. The maximum Gasteiger partial charge on any atom is 0.258 e. The second kappa shape index (κ2) is 7.68. The molecule has 2 aromatic rings. The van der Waals surface area contributed by atoms with Crippen LogP contribution in [0, 0.1) is 13.8 Å². The zero-order valence-corrected chi connectivity index (χ0v) is 14.1. The van der Waals surface area contributed by atoms with Crippen LogP contribution in [0.5, 0.6) is 11.5 Å². The van der Waals surface area contributed by atoms with Crippen LogP contribution in [-0.4, -0.2) is 19.6 Å². The lowest BCUT2D eigenvalue weighted by Crippen LogP contribution is -2.31. The molecule has 0 saturated heterocycles. The fraction of sp³-hybridized carbons (Fsp3) is 0.316. The van der Waals surface area contributed by atoms with Crippen molar-refractivity contribution in [2.24, 2.45) is 0 Å². The summed E-state index contributed by atoms with van der Waals surface area (Å²) >= 11 is 0. The predicted molar refractivity (Wildman–Crippen MR) is 91.0 cm³/mol. The van der Waals surface area contributed by atoms with Gasteiger partial charge in [-0.15, -0.1) is 0 Å². The summed E-state index contributed by atoms with van der Waals surface area (Å²) in [5.41, 5.74) is 3.55. The van der Waals surface area contributed by atoms with Crippen molar-refractivity contribution >= 4 is 5.91 Å². The average molecular weight is 313 g/mol. The van der Waals surface area contributed by atoms with E-state index in [1.165, 1.54) is 11.1 Å². The largest absolute Gasteiger partial charge is 0.497 e. The van der Waals surface area contributed by atoms with Gasteiger partial charge in [-0.2, -0.15) is 0 Å². The van der Waals surface area contributed by atoms with Crippen LogP contribution in [0.2, 0.25) is 0 Å². The molecule has 0 heterocycles. The van der Waals surface area contributed by atoms with E-state index in [2.05, 4.69) is 31.3 Å². The van der Waals surface area contributed by atoms with Crippen molar-refractivity contribution < 1.29 is 14.3 Å². The van der Waals surface area contributed by atoms with Gasteiger partial charge in [0, 0.05) is 0 Å². The molecule has 0 spiro atoms. The molecule has 0 aliphatic heterocycles. The van der Waals surface area contributed by atoms with Gasteiger partial charge in [-0.3, -0.25) is 4.79 Å². The molecule has 23 heavy (non-hydrogen) atoms. The Balaban J connectivity index is 1.86. The summed E-state index contributed by atoms with van der Waals surface area (Å²) in [7, 11) is 1.61. The number of benzene rings is 2. The minimum atomic E-state index is -0.147. The van der Waals surface area contributed by atoms with E-state index in [1.807, 2.05) is 13.0 Å². The first kappa shape index (κ1) is 16.9. The lowest BCUT2D eigenvalue weighted by molar-refractivity contribution is -0.123. The number of ether oxygens (including phenoxy) is 2. The lowest BCUT2D eigenvalue weighted by Gasteiger charge is -2.16. The van der Waals surface area contributed by atoms with E-state index >= 15 is 0 Å². The van der Waals surface area contributed by atoms with Gasteiger partial charge in [0.2, 0.25) is 0 Å². The van der Waals surface area contributed by atoms with E-state index in [-0.39, 0.29) is 18.6 Å².